The van der Waals surface area contributed by atoms with Crippen LogP contribution in [0.4, 0.5) is 4.79 Å². The molecule has 4 nitrogen and oxygen atoms in total. The van der Waals surface area contributed by atoms with Crippen LogP contribution in [0.5, 0.6) is 0 Å². The molecule has 82 valence electrons. The number of rotatable bonds is 0. The molecule has 2 heterocycles. The molecule has 3 rings (SSSR count). The van der Waals surface area contributed by atoms with Crippen molar-refractivity contribution < 1.29 is 9.59 Å². The SMILES string of the molecule is CN1C(=O)C2c3ccccc3CCN2C1=O. The fourth-order valence-electron chi connectivity index (χ4n) is 2.51. The molecule has 16 heavy (non-hydrogen) atoms. The van der Waals surface area contributed by atoms with Gasteiger partial charge < -0.3 is 4.90 Å². The van der Waals surface area contributed by atoms with E-state index in [1.54, 1.807) is 11.9 Å². The normalized spacial score (nSPS) is 23.4. The first-order valence-corrected chi connectivity index (χ1v) is 5.36. The van der Waals surface area contributed by atoms with Gasteiger partial charge in [-0.05, 0) is 17.5 Å². The van der Waals surface area contributed by atoms with Crippen LogP contribution in [0.25, 0.3) is 0 Å². The first-order chi connectivity index (χ1) is 7.70. The van der Waals surface area contributed by atoms with Crippen LogP contribution in [-0.4, -0.2) is 35.3 Å². The fourth-order valence-corrected chi connectivity index (χ4v) is 2.51. The van der Waals surface area contributed by atoms with E-state index in [4.69, 9.17) is 0 Å². The smallest absolute Gasteiger partial charge is 0.308 e. The first kappa shape index (κ1) is 9.39. The lowest BCUT2D eigenvalue weighted by atomic mass is 9.93. The van der Waals surface area contributed by atoms with Gasteiger partial charge in [-0.25, -0.2) is 4.79 Å². The Hall–Kier alpha value is -1.84. The van der Waals surface area contributed by atoms with Gasteiger partial charge in [0, 0.05) is 13.6 Å². The first-order valence-electron chi connectivity index (χ1n) is 5.36. The summed E-state index contributed by atoms with van der Waals surface area (Å²) in [6.45, 7) is 0.636. The largest absolute Gasteiger partial charge is 0.327 e. The van der Waals surface area contributed by atoms with Crippen molar-refractivity contribution in [3.63, 3.8) is 0 Å². The highest BCUT2D eigenvalue weighted by Crippen LogP contribution is 2.35. The lowest BCUT2D eigenvalue weighted by Gasteiger charge is -2.28. The molecule has 0 N–H and O–H groups in total. The second kappa shape index (κ2) is 3.07. The molecule has 4 heteroatoms. The second-order valence-corrected chi connectivity index (χ2v) is 4.22. The van der Waals surface area contributed by atoms with Crippen molar-refractivity contribution in [3.05, 3.63) is 35.4 Å². The Morgan fingerprint density at radius 2 is 2.00 bits per heavy atom. The Morgan fingerprint density at radius 3 is 2.81 bits per heavy atom. The molecule has 1 saturated heterocycles. The van der Waals surface area contributed by atoms with E-state index in [9.17, 15) is 9.59 Å². The maximum Gasteiger partial charge on any atom is 0.327 e. The van der Waals surface area contributed by atoms with Gasteiger partial charge in [-0.15, -0.1) is 0 Å². The molecule has 2 aliphatic rings. The van der Waals surface area contributed by atoms with Crippen molar-refractivity contribution in [1.29, 1.82) is 0 Å². The summed E-state index contributed by atoms with van der Waals surface area (Å²) in [6, 6.07) is 7.30. The molecule has 0 aliphatic carbocycles. The molecule has 0 radical (unpaired) electrons. The highest BCUT2D eigenvalue weighted by molar-refractivity contribution is 6.04. The van der Waals surface area contributed by atoms with Gasteiger partial charge in [0.15, 0.2) is 0 Å². The molecule has 0 spiro atoms. The van der Waals surface area contributed by atoms with E-state index in [2.05, 4.69) is 0 Å². The average molecular weight is 216 g/mol. The summed E-state index contributed by atoms with van der Waals surface area (Å²) in [5.41, 5.74) is 2.16. The molecular weight excluding hydrogens is 204 g/mol. The topological polar surface area (TPSA) is 40.6 Å². The Labute approximate surface area is 93.5 Å². The van der Waals surface area contributed by atoms with Gasteiger partial charge in [-0.2, -0.15) is 0 Å². The molecule has 0 aromatic heterocycles. The maximum atomic E-state index is 12.0. The van der Waals surface area contributed by atoms with Crippen LogP contribution in [0.15, 0.2) is 24.3 Å². The number of amides is 3. The molecule has 1 aromatic carbocycles. The van der Waals surface area contributed by atoms with Crippen molar-refractivity contribution >= 4 is 11.9 Å². The van der Waals surface area contributed by atoms with Crippen LogP contribution < -0.4 is 0 Å². The number of carbonyl (C=O) groups excluding carboxylic acids is 2. The van der Waals surface area contributed by atoms with Crippen molar-refractivity contribution in [2.24, 2.45) is 0 Å². The molecule has 0 saturated carbocycles. The maximum absolute atomic E-state index is 12.0. The minimum absolute atomic E-state index is 0.114. The van der Waals surface area contributed by atoms with Crippen LogP contribution in [0.3, 0.4) is 0 Å². The summed E-state index contributed by atoms with van der Waals surface area (Å²) in [5.74, 6) is -0.114. The van der Waals surface area contributed by atoms with Gasteiger partial charge >= 0.3 is 6.03 Å². The van der Waals surface area contributed by atoms with Crippen molar-refractivity contribution in [2.45, 2.75) is 12.5 Å². The number of urea groups is 1. The van der Waals surface area contributed by atoms with Crippen molar-refractivity contribution in [2.75, 3.05) is 13.6 Å². The van der Waals surface area contributed by atoms with E-state index in [-0.39, 0.29) is 18.0 Å². The predicted molar refractivity (Wildman–Crippen MR) is 57.8 cm³/mol. The van der Waals surface area contributed by atoms with Crippen molar-refractivity contribution in [1.82, 2.24) is 9.80 Å². The number of imide groups is 1. The Balaban J connectivity index is 2.13. The molecular formula is C12H12N2O2. The van der Waals surface area contributed by atoms with Crippen LogP contribution in [0.1, 0.15) is 17.2 Å². The zero-order chi connectivity index (χ0) is 11.3. The summed E-state index contributed by atoms with van der Waals surface area (Å²) >= 11 is 0. The van der Waals surface area contributed by atoms with Gasteiger partial charge in [0.1, 0.15) is 6.04 Å². The number of hydrogen-bond donors (Lipinski definition) is 0. The third-order valence-corrected chi connectivity index (χ3v) is 3.38. The zero-order valence-corrected chi connectivity index (χ0v) is 9.01. The molecule has 2 aliphatic heterocycles. The zero-order valence-electron chi connectivity index (χ0n) is 9.01. The predicted octanol–water partition coefficient (Wildman–Crippen LogP) is 1.18. The summed E-state index contributed by atoms with van der Waals surface area (Å²) in [6.07, 6.45) is 0.833. The molecule has 1 unspecified atom stereocenters. The Kier molecular flexibility index (Phi) is 1.80. The van der Waals surface area contributed by atoms with Crippen LogP contribution >= 0.6 is 0 Å². The molecule has 1 fully saturated rings. The summed E-state index contributed by atoms with van der Waals surface area (Å²) < 4.78 is 0. The molecule has 1 aromatic rings. The van der Waals surface area contributed by atoms with Crippen LogP contribution in [0, 0.1) is 0 Å². The van der Waals surface area contributed by atoms with Gasteiger partial charge in [-0.1, -0.05) is 24.3 Å². The second-order valence-electron chi connectivity index (χ2n) is 4.22. The monoisotopic (exact) mass is 216 g/mol. The van der Waals surface area contributed by atoms with Gasteiger partial charge in [0.25, 0.3) is 5.91 Å². The summed E-state index contributed by atoms with van der Waals surface area (Å²) in [7, 11) is 1.55. The molecule has 3 amide bonds. The van der Waals surface area contributed by atoms with Crippen LogP contribution in [0.2, 0.25) is 0 Å². The number of nitrogens with zero attached hydrogens (tertiary/aromatic N) is 2. The van der Waals surface area contributed by atoms with E-state index >= 15 is 0 Å². The third-order valence-electron chi connectivity index (χ3n) is 3.38. The molecule has 0 bridgehead atoms. The highest BCUT2D eigenvalue weighted by atomic mass is 16.2. The minimum Gasteiger partial charge on any atom is -0.308 e. The fraction of sp³-hybridized carbons (Fsp3) is 0.333. The lowest BCUT2D eigenvalue weighted by Crippen LogP contribution is -2.35. The summed E-state index contributed by atoms with van der Waals surface area (Å²) in [5, 5.41) is 0. The van der Waals surface area contributed by atoms with E-state index in [1.165, 1.54) is 10.5 Å². The van der Waals surface area contributed by atoms with E-state index in [0.29, 0.717) is 6.54 Å². The van der Waals surface area contributed by atoms with Gasteiger partial charge in [0.2, 0.25) is 0 Å². The number of hydrogen-bond acceptors (Lipinski definition) is 2. The number of carbonyl (C=O) groups is 2. The van der Waals surface area contributed by atoms with E-state index in [1.807, 2.05) is 24.3 Å². The lowest BCUT2D eigenvalue weighted by molar-refractivity contribution is -0.127. The number of benzene rings is 1. The van der Waals surface area contributed by atoms with Gasteiger partial charge in [0.05, 0.1) is 0 Å². The van der Waals surface area contributed by atoms with Gasteiger partial charge in [-0.3, -0.25) is 9.69 Å². The number of likely N-dealkylation sites (N-methyl/N-ethyl adjacent to an activating group) is 1. The molecule has 1 atom stereocenters. The van der Waals surface area contributed by atoms with Crippen molar-refractivity contribution in [3.8, 4) is 0 Å². The van der Waals surface area contributed by atoms with Crippen LogP contribution in [-0.2, 0) is 11.2 Å². The third kappa shape index (κ3) is 1.04. The van der Waals surface area contributed by atoms with E-state index < -0.39 is 0 Å². The average Bonchev–Trinajstić information content (AvgIpc) is 2.55. The summed E-state index contributed by atoms with van der Waals surface area (Å²) in [4.78, 5) is 26.6. The highest BCUT2D eigenvalue weighted by Gasteiger charge is 2.46. The van der Waals surface area contributed by atoms with E-state index in [0.717, 1.165) is 12.0 Å². The standard InChI is InChI=1S/C12H12N2O2/c1-13-11(15)10-9-5-3-2-4-8(9)6-7-14(10)12(13)16/h2-5,10H,6-7H2,1H3. The quantitative estimate of drug-likeness (QED) is 0.611. The Morgan fingerprint density at radius 1 is 1.25 bits per heavy atom. The minimum atomic E-state index is -0.387. The Bertz CT molecular complexity index is 484. The number of fused-ring (bicyclic) bond motifs is 3.